The third-order valence-electron chi connectivity index (χ3n) is 5.56. The van der Waals surface area contributed by atoms with Gasteiger partial charge < -0.3 is 4.90 Å². The Bertz CT molecular complexity index is 973. The van der Waals surface area contributed by atoms with Gasteiger partial charge >= 0.3 is 0 Å². The zero-order valence-corrected chi connectivity index (χ0v) is 15.1. The number of thiophene rings is 1. The molecular formula is C19H20N4OS. The Labute approximate surface area is 150 Å². The van der Waals surface area contributed by atoms with Crippen molar-refractivity contribution >= 4 is 28.1 Å². The Hall–Kier alpha value is -2.18. The van der Waals surface area contributed by atoms with E-state index in [0.29, 0.717) is 17.8 Å². The second kappa shape index (κ2) is 5.41. The molecular weight excluding hydrogens is 332 g/mol. The molecule has 128 valence electrons. The molecule has 2 fully saturated rings. The molecule has 0 radical (unpaired) electrons. The van der Waals surface area contributed by atoms with E-state index in [-0.39, 0.29) is 5.91 Å². The Morgan fingerprint density at radius 1 is 1.28 bits per heavy atom. The van der Waals surface area contributed by atoms with Gasteiger partial charge in [0.1, 0.15) is 0 Å². The zero-order chi connectivity index (χ0) is 17.1. The van der Waals surface area contributed by atoms with Crippen molar-refractivity contribution in [1.29, 1.82) is 0 Å². The molecule has 0 saturated carbocycles. The summed E-state index contributed by atoms with van der Waals surface area (Å²) >= 11 is 1.74. The highest BCUT2D eigenvalue weighted by Crippen LogP contribution is 2.33. The number of likely N-dealkylation sites (tertiary alicyclic amines) is 2. The number of hydrogen-bond acceptors (Lipinski definition) is 4. The first kappa shape index (κ1) is 15.1. The molecule has 2 saturated heterocycles. The fourth-order valence-corrected chi connectivity index (χ4v) is 5.07. The van der Waals surface area contributed by atoms with Gasteiger partial charge in [0.2, 0.25) is 0 Å². The molecule has 1 N–H and O–H groups in total. The van der Waals surface area contributed by atoms with Gasteiger partial charge in [-0.05, 0) is 55.1 Å². The molecule has 4 heterocycles. The number of aromatic nitrogens is 2. The summed E-state index contributed by atoms with van der Waals surface area (Å²) in [5.41, 5.74) is 3.91. The van der Waals surface area contributed by atoms with Crippen molar-refractivity contribution in [2.45, 2.75) is 25.4 Å². The van der Waals surface area contributed by atoms with Crippen LogP contribution >= 0.6 is 11.3 Å². The van der Waals surface area contributed by atoms with Gasteiger partial charge in [-0.3, -0.25) is 14.8 Å². The van der Waals surface area contributed by atoms with E-state index in [2.05, 4.69) is 52.6 Å². The number of likely N-dealkylation sites (N-methyl/N-ethyl adjacent to an activating group) is 1. The van der Waals surface area contributed by atoms with Gasteiger partial charge in [0, 0.05) is 35.4 Å². The highest BCUT2D eigenvalue weighted by molar-refractivity contribution is 7.13. The molecule has 0 spiro atoms. The van der Waals surface area contributed by atoms with Crippen LogP contribution in [-0.4, -0.2) is 58.1 Å². The normalized spacial score (nSPS) is 23.0. The van der Waals surface area contributed by atoms with E-state index in [0.717, 1.165) is 36.0 Å². The van der Waals surface area contributed by atoms with Crippen LogP contribution in [0.15, 0.2) is 29.6 Å². The van der Waals surface area contributed by atoms with E-state index in [1.54, 1.807) is 11.3 Å². The number of benzene rings is 1. The third kappa shape index (κ3) is 2.32. The average molecular weight is 352 g/mol. The average Bonchev–Trinajstić information content (AvgIpc) is 3.35. The summed E-state index contributed by atoms with van der Waals surface area (Å²) in [5.74, 6) is 0.0616. The van der Waals surface area contributed by atoms with Crippen molar-refractivity contribution < 1.29 is 4.79 Å². The van der Waals surface area contributed by atoms with Crippen LogP contribution in [0.4, 0.5) is 0 Å². The van der Waals surface area contributed by atoms with Crippen molar-refractivity contribution in [3.63, 3.8) is 0 Å². The van der Waals surface area contributed by atoms with Gasteiger partial charge in [0.25, 0.3) is 5.91 Å². The summed E-state index contributed by atoms with van der Waals surface area (Å²) in [7, 11) is 2.14. The maximum atomic E-state index is 13.0. The second-order valence-corrected chi connectivity index (χ2v) is 8.17. The van der Waals surface area contributed by atoms with Gasteiger partial charge in [-0.15, -0.1) is 11.3 Å². The smallest absolute Gasteiger partial charge is 0.275 e. The molecule has 2 atom stereocenters. The van der Waals surface area contributed by atoms with E-state index in [9.17, 15) is 4.79 Å². The largest absolute Gasteiger partial charge is 0.331 e. The van der Waals surface area contributed by atoms with Crippen LogP contribution in [0.2, 0.25) is 0 Å². The zero-order valence-electron chi connectivity index (χ0n) is 14.3. The maximum Gasteiger partial charge on any atom is 0.275 e. The molecule has 2 bridgehead atoms. The van der Waals surface area contributed by atoms with Gasteiger partial charge in [0.05, 0.1) is 5.52 Å². The first-order chi connectivity index (χ1) is 12.1. The summed E-state index contributed by atoms with van der Waals surface area (Å²) in [6.45, 7) is 3.90. The number of piperazine rings is 1. The van der Waals surface area contributed by atoms with Gasteiger partial charge in [-0.2, -0.15) is 5.10 Å². The summed E-state index contributed by atoms with van der Waals surface area (Å²) in [6.07, 6.45) is 1.09. The fourth-order valence-electron chi connectivity index (χ4n) is 4.17. The van der Waals surface area contributed by atoms with Crippen molar-refractivity contribution in [1.82, 2.24) is 20.0 Å². The molecule has 5 nitrogen and oxygen atoms in total. The molecule has 2 aromatic heterocycles. The van der Waals surface area contributed by atoms with Gasteiger partial charge in [-0.1, -0.05) is 6.07 Å². The molecule has 6 heteroatoms. The number of H-pyrrole nitrogens is 1. The van der Waals surface area contributed by atoms with E-state index in [4.69, 9.17) is 0 Å². The minimum absolute atomic E-state index is 0.0616. The molecule has 0 unspecified atom stereocenters. The Morgan fingerprint density at radius 2 is 2.16 bits per heavy atom. The van der Waals surface area contributed by atoms with Crippen LogP contribution in [0.25, 0.3) is 21.3 Å². The van der Waals surface area contributed by atoms with Crippen LogP contribution in [0.1, 0.15) is 22.5 Å². The standard InChI is InChI=1S/C19H20N4OS/c1-11-5-17(25-10-11)12-3-4-15-16(6-12)20-21-18(15)19(24)23-9-13-7-14(23)8-22(13)2/h3-6,10,13-14H,7-9H2,1-2H3,(H,20,21)/t13-,14-/m0/s1. The van der Waals surface area contributed by atoms with Crippen LogP contribution in [-0.2, 0) is 0 Å². The molecule has 2 aliphatic rings. The quantitative estimate of drug-likeness (QED) is 0.771. The van der Waals surface area contributed by atoms with Crippen LogP contribution < -0.4 is 0 Å². The summed E-state index contributed by atoms with van der Waals surface area (Å²) in [6, 6.07) is 9.23. The minimum Gasteiger partial charge on any atom is -0.331 e. The number of nitrogens with one attached hydrogen (secondary N) is 1. The first-order valence-electron chi connectivity index (χ1n) is 8.65. The molecule has 25 heavy (non-hydrogen) atoms. The van der Waals surface area contributed by atoms with E-state index >= 15 is 0 Å². The Balaban J connectivity index is 1.47. The van der Waals surface area contributed by atoms with Gasteiger partial charge in [0.15, 0.2) is 5.69 Å². The first-order valence-corrected chi connectivity index (χ1v) is 9.53. The number of carbonyl (C=O) groups excluding carboxylic acids is 1. The van der Waals surface area contributed by atoms with Crippen LogP contribution in [0.5, 0.6) is 0 Å². The van der Waals surface area contributed by atoms with Crippen molar-refractivity contribution in [3.8, 4) is 10.4 Å². The van der Waals surface area contributed by atoms with Gasteiger partial charge in [-0.25, -0.2) is 0 Å². The Kier molecular flexibility index (Phi) is 3.27. The molecule has 1 aromatic carbocycles. The molecule has 0 aliphatic carbocycles. The number of amides is 1. The van der Waals surface area contributed by atoms with Crippen molar-refractivity contribution in [3.05, 3.63) is 40.9 Å². The SMILES string of the molecule is Cc1csc(-c2ccc3c(C(=O)N4C[C@@H]5C[C@H]4CN5C)n[nH]c3c2)c1. The molecule has 5 rings (SSSR count). The third-order valence-corrected chi connectivity index (χ3v) is 6.65. The van der Waals surface area contributed by atoms with Crippen LogP contribution in [0.3, 0.4) is 0 Å². The summed E-state index contributed by atoms with van der Waals surface area (Å²) < 4.78 is 0. The lowest BCUT2D eigenvalue weighted by Crippen LogP contribution is -2.47. The Morgan fingerprint density at radius 3 is 2.84 bits per heavy atom. The number of rotatable bonds is 2. The number of nitrogens with zero attached hydrogens (tertiary/aromatic N) is 3. The molecule has 2 aliphatic heterocycles. The second-order valence-electron chi connectivity index (χ2n) is 7.26. The molecule has 3 aromatic rings. The van der Waals surface area contributed by atoms with Crippen molar-refractivity contribution in [2.24, 2.45) is 0 Å². The monoisotopic (exact) mass is 352 g/mol. The van der Waals surface area contributed by atoms with Crippen molar-refractivity contribution in [2.75, 3.05) is 20.1 Å². The van der Waals surface area contributed by atoms with E-state index in [1.807, 2.05) is 11.0 Å². The lowest BCUT2D eigenvalue weighted by Gasteiger charge is -2.31. The lowest BCUT2D eigenvalue weighted by atomic mass is 10.1. The van der Waals surface area contributed by atoms with E-state index < -0.39 is 0 Å². The minimum atomic E-state index is 0.0616. The topological polar surface area (TPSA) is 52.2 Å². The molecule has 1 amide bonds. The number of aromatic amines is 1. The fraction of sp³-hybridized carbons (Fsp3) is 0.368. The predicted octanol–water partition coefficient (Wildman–Crippen LogP) is 3.13. The lowest BCUT2D eigenvalue weighted by molar-refractivity contribution is 0.0646. The van der Waals surface area contributed by atoms with E-state index in [1.165, 1.54) is 10.4 Å². The summed E-state index contributed by atoms with van der Waals surface area (Å²) in [4.78, 5) is 18.6. The predicted molar refractivity (Wildman–Crippen MR) is 100 cm³/mol. The number of carbonyl (C=O) groups is 1. The number of hydrogen-bond donors (Lipinski definition) is 1. The summed E-state index contributed by atoms with van der Waals surface area (Å²) in [5, 5.41) is 10.5. The number of fused-ring (bicyclic) bond motifs is 3. The maximum absolute atomic E-state index is 13.0. The highest BCUT2D eigenvalue weighted by atomic mass is 32.1. The number of aryl methyl sites for hydroxylation is 1. The van der Waals surface area contributed by atoms with Crippen LogP contribution in [0, 0.1) is 6.92 Å². The highest BCUT2D eigenvalue weighted by Gasteiger charge is 2.44.